The maximum Gasteiger partial charge on any atom is 0.254 e. The van der Waals surface area contributed by atoms with Crippen LogP contribution in [0.25, 0.3) is 0 Å². The molecule has 1 heterocycles. The van der Waals surface area contributed by atoms with E-state index < -0.39 is 0 Å². The van der Waals surface area contributed by atoms with Crippen LogP contribution >= 0.6 is 0 Å². The van der Waals surface area contributed by atoms with Crippen LogP contribution in [0.3, 0.4) is 0 Å². The van der Waals surface area contributed by atoms with Crippen LogP contribution in [0.4, 0.5) is 5.69 Å². The van der Waals surface area contributed by atoms with E-state index in [1.165, 1.54) is 11.3 Å². The number of H-pyrrole nitrogens is 1. The summed E-state index contributed by atoms with van der Waals surface area (Å²) < 4.78 is 0. The Kier molecular flexibility index (Phi) is 4.37. The molecular formula is C18H24N4O. The van der Waals surface area contributed by atoms with Gasteiger partial charge in [-0.2, -0.15) is 5.10 Å². The Morgan fingerprint density at radius 3 is 2.65 bits per heavy atom. The van der Waals surface area contributed by atoms with Gasteiger partial charge in [0.05, 0.1) is 17.5 Å². The van der Waals surface area contributed by atoms with Crippen LogP contribution in [-0.2, 0) is 6.42 Å². The predicted octanol–water partition coefficient (Wildman–Crippen LogP) is 2.71. The second-order valence-corrected chi connectivity index (χ2v) is 6.61. The maximum absolute atomic E-state index is 12.4. The van der Waals surface area contributed by atoms with E-state index in [-0.39, 0.29) is 11.9 Å². The van der Waals surface area contributed by atoms with Crippen molar-refractivity contribution in [2.24, 2.45) is 0 Å². The van der Waals surface area contributed by atoms with Crippen molar-refractivity contribution in [3.63, 3.8) is 0 Å². The van der Waals surface area contributed by atoms with Crippen LogP contribution in [0.15, 0.2) is 30.5 Å². The standard InChI is InChI=1S/C18H24N4O/c1-12(10-13-4-8-15(9-5-13)22(2)3)20-18(23)16-11-19-21-17(16)14-6-7-14/h4-5,8-9,11-12,14H,6-7,10H2,1-3H3,(H,19,21)(H,20,23)/t12-/m1/s1. The molecule has 23 heavy (non-hydrogen) atoms. The molecule has 2 N–H and O–H groups in total. The van der Waals surface area contributed by atoms with Crippen LogP contribution in [-0.4, -0.2) is 36.2 Å². The van der Waals surface area contributed by atoms with Crippen LogP contribution < -0.4 is 10.2 Å². The highest BCUT2D eigenvalue weighted by Gasteiger charge is 2.30. The van der Waals surface area contributed by atoms with Gasteiger partial charge in [-0.1, -0.05) is 12.1 Å². The maximum atomic E-state index is 12.4. The summed E-state index contributed by atoms with van der Waals surface area (Å²) >= 11 is 0. The minimum atomic E-state index is -0.0296. The second-order valence-electron chi connectivity index (χ2n) is 6.61. The third kappa shape index (κ3) is 3.73. The number of hydrogen-bond acceptors (Lipinski definition) is 3. The lowest BCUT2D eigenvalue weighted by Gasteiger charge is -2.16. The van der Waals surface area contributed by atoms with E-state index in [0.717, 1.165) is 25.0 Å². The van der Waals surface area contributed by atoms with Crippen molar-refractivity contribution >= 4 is 11.6 Å². The lowest BCUT2D eigenvalue weighted by molar-refractivity contribution is 0.0939. The van der Waals surface area contributed by atoms with Crippen molar-refractivity contribution in [2.45, 2.75) is 38.1 Å². The molecule has 3 rings (SSSR count). The van der Waals surface area contributed by atoms with Gasteiger partial charge in [0.25, 0.3) is 5.91 Å². The van der Waals surface area contributed by atoms with Gasteiger partial charge in [0.2, 0.25) is 0 Å². The number of nitrogens with one attached hydrogen (secondary N) is 2. The molecule has 1 atom stereocenters. The van der Waals surface area contributed by atoms with Gasteiger partial charge in [-0.25, -0.2) is 0 Å². The van der Waals surface area contributed by atoms with Crippen molar-refractivity contribution < 1.29 is 4.79 Å². The molecule has 1 aliphatic carbocycles. The third-order valence-electron chi connectivity index (χ3n) is 4.27. The number of carbonyl (C=O) groups excluding carboxylic acids is 1. The number of carbonyl (C=O) groups is 1. The molecule has 1 amide bonds. The van der Waals surface area contributed by atoms with Crippen molar-refractivity contribution in [3.05, 3.63) is 47.3 Å². The number of nitrogens with zero attached hydrogens (tertiary/aromatic N) is 2. The summed E-state index contributed by atoms with van der Waals surface area (Å²) in [6.07, 6.45) is 4.75. The Bertz CT molecular complexity index is 671. The Morgan fingerprint density at radius 2 is 2.04 bits per heavy atom. The van der Waals surface area contributed by atoms with Gasteiger partial charge in [-0.05, 0) is 43.9 Å². The van der Waals surface area contributed by atoms with E-state index >= 15 is 0 Å². The summed E-state index contributed by atoms with van der Waals surface area (Å²) in [7, 11) is 4.06. The highest BCUT2D eigenvalue weighted by molar-refractivity contribution is 5.95. The van der Waals surface area contributed by atoms with Crippen molar-refractivity contribution in [2.75, 3.05) is 19.0 Å². The van der Waals surface area contributed by atoms with Crippen LogP contribution in [0, 0.1) is 0 Å². The summed E-state index contributed by atoms with van der Waals surface area (Å²) in [6, 6.07) is 8.52. The van der Waals surface area contributed by atoms with E-state index in [2.05, 4.69) is 44.7 Å². The quantitative estimate of drug-likeness (QED) is 0.862. The zero-order valence-electron chi connectivity index (χ0n) is 14.0. The first-order valence-corrected chi connectivity index (χ1v) is 8.15. The van der Waals surface area contributed by atoms with E-state index in [9.17, 15) is 4.79 Å². The number of amides is 1. The fourth-order valence-corrected chi connectivity index (χ4v) is 2.80. The molecule has 0 unspecified atom stereocenters. The number of rotatable bonds is 6. The first-order chi connectivity index (χ1) is 11.0. The lowest BCUT2D eigenvalue weighted by Crippen LogP contribution is -2.34. The average molecular weight is 312 g/mol. The molecule has 1 fully saturated rings. The summed E-state index contributed by atoms with van der Waals surface area (Å²) in [5, 5.41) is 10.1. The molecule has 1 aromatic heterocycles. The fraction of sp³-hybridized carbons (Fsp3) is 0.444. The molecule has 5 heteroatoms. The van der Waals surface area contributed by atoms with Gasteiger partial charge in [-0.15, -0.1) is 0 Å². The zero-order valence-corrected chi connectivity index (χ0v) is 14.0. The molecular weight excluding hydrogens is 288 g/mol. The largest absolute Gasteiger partial charge is 0.378 e. The Morgan fingerprint density at radius 1 is 1.35 bits per heavy atom. The SMILES string of the molecule is C[C@H](Cc1ccc(N(C)C)cc1)NC(=O)c1cn[nH]c1C1CC1. The van der Waals surface area contributed by atoms with Crippen LogP contribution in [0.5, 0.6) is 0 Å². The zero-order chi connectivity index (χ0) is 16.4. The molecule has 0 spiro atoms. The average Bonchev–Trinajstić information content (AvgIpc) is 3.24. The lowest BCUT2D eigenvalue weighted by atomic mass is 10.1. The third-order valence-corrected chi connectivity index (χ3v) is 4.27. The van der Waals surface area contributed by atoms with Crippen molar-refractivity contribution in [1.29, 1.82) is 0 Å². The molecule has 0 radical (unpaired) electrons. The van der Waals surface area contributed by atoms with E-state index in [4.69, 9.17) is 0 Å². The Labute approximate surface area is 137 Å². The first kappa shape index (κ1) is 15.6. The molecule has 122 valence electrons. The minimum Gasteiger partial charge on any atom is -0.378 e. The van der Waals surface area contributed by atoms with E-state index in [1.807, 2.05) is 21.0 Å². The highest BCUT2D eigenvalue weighted by atomic mass is 16.1. The molecule has 5 nitrogen and oxygen atoms in total. The number of hydrogen-bond donors (Lipinski definition) is 2. The summed E-state index contributed by atoms with van der Waals surface area (Å²) in [6.45, 7) is 2.04. The van der Waals surface area contributed by atoms with Gasteiger partial charge >= 0.3 is 0 Å². The molecule has 0 aliphatic heterocycles. The number of anilines is 1. The minimum absolute atomic E-state index is 0.0296. The van der Waals surface area contributed by atoms with Gasteiger partial charge in [-0.3, -0.25) is 9.89 Å². The Balaban J connectivity index is 1.59. The normalized spacial score (nSPS) is 15.3. The Hall–Kier alpha value is -2.30. The topological polar surface area (TPSA) is 61.0 Å². The summed E-state index contributed by atoms with van der Waals surface area (Å²) in [5.74, 6) is 0.463. The van der Waals surface area contributed by atoms with Crippen molar-refractivity contribution in [1.82, 2.24) is 15.5 Å². The van der Waals surface area contributed by atoms with E-state index in [0.29, 0.717) is 11.5 Å². The molecule has 0 saturated heterocycles. The molecule has 1 aromatic carbocycles. The molecule has 1 aliphatic rings. The fourth-order valence-electron chi connectivity index (χ4n) is 2.80. The van der Waals surface area contributed by atoms with Crippen LogP contribution in [0.1, 0.15) is 47.3 Å². The number of benzene rings is 1. The molecule has 2 aromatic rings. The van der Waals surface area contributed by atoms with Gasteiger partial charge in [0.15, 0.2) is 0 Å². The summed E-state index contributed by atoms with van der Waals surface area (Å²) in [5.41, 5.74) is 4.09. The molecule has 0 bridgehead atoms. The smallest absolute Gasteiger partial charge is 0.254 e. The van der Waals surface area contributed by atoms with Gasteiger partial charge in [0, 0.05) is 31.7 Å². The highest BCUT2D eigenvalue weighted by Crippen LogP contribution is 2.40. The monoisotopic (exact) mass is 312 g/mol. The second kappa shape index (κ2) is 6.44. The van der Waals surface area contributed by atoms with Gasteiger partial charge in [0.1, 0.15) is 0 Å². The number of aromatic nitrogens is 2. The van der Waals surface area contributed by atoms with Crippen molar-refractivity contribution in [3.8, 4) is 0 Å². The van der Waals surface area contributed by atoms with E-state index in [1.54, 1.807) is 6.20 Å². The molecule has 1 saturated carbocycles. The first-order valence-electron chi connectivity index (χ1n) is 8.15. The predicted molar refractivity (Wildman–Crippen MR) is 92.0 cm³/mol. The van der Waals surface area contributed by atoms with Crippen LogP contribution in [0.2, 0.25) is 0 Å². The summed E-state index contributed by atoms with van der Waals surface area (Å²) in [4.78, 5) is 14.5. The number of aromatic amines is 1. The van der Waals surface area contributed by atoms with Gasteiger partial charge < -0.3 is 10.2 Å².